The maximum atomic E-state index is 12.2. The van der Waals surface area contributed by atoms with Crippen LogP contribution in [0.3, 0.4) is 0 Å². The zero-order valence-corrected chi connectivity index (χ0v) is 13.4. The van der Waals surface area contributed by atoms with Crippen molar-refractivity contribution in [3.05, 3.63) is 24.4 Å². The summed E-state index contributed by atoms with van der Waals surface area (Å²) in [7, 11) is 1.82. The predicted molar refractivity (Wildman–Crippen MR) is 83.5 cm³/mol. The monoisotopic (exact) mass is 291 g/mol. The van der Waals surface area contributed by atoms with Crippen LogP contribution in [0.25, 0.3) is 0 Å². The van der Waals surface area contributed by atoms with Gasteiger partial charge in [-0.15, -0.1) is 0 Å². The highest BCUT2D eigenvalue weighted by Crippen LogP contribution is 2.21. The number of amides is 1. The van der Waals surface area contributed by atoms with E-state index in [9.17, 15) is 4.79 Å². The normalized spacial score (nSPS) is 19.2. The van der Waals surface area contributed by atoms with Gasteiger partial charge in [-0.25, -0.2) is 9.78 Å². The molecule has 2 heterocycles. The second-order valence-corrected chi connectivity index (χ2v) is 6.52. The minimum absolute atomic E-state index is 0.163. The van der Waals surface area contributed by atoms with Crippen LogP contribution in [0.4, 0.5) is 10.6 Å². The van der Waals surface area contributed by atoms with Crippen molar-refractivity contribution in [3.63, 3.8) is 0 Å². The van der Waals surface area contributed by atoms with Gasteiger partial charge in [-0.1, -0.05) is 6.07 Å². The van der Waals surface area contributed by atoms with Crippen LogP contribution in [0.15, 0.2) is 24.4 Å². The molecule has 21 heavy (non-hydrogen) atoms. The van der Waals surface area contributed by atoms with Crippen LogP contribution in [0.2, 0.25) is 0 Å². The number of hydrogen-bond donors (Lipinski definition) is 0. The van der Waals surface area contributed by atoms with Crippen molar-refractivity contribution in [3.8, 4) is 0 Å². The van der Waals surface area contributed by atoms with Crippen molar-refractivity contribution >= 4 is 11.9 Å². The minimum Gasteiger partial charge on any atom is -0.444 e. The number of carbonyl (C=O) groups excluding carboxylic acids is 1. The maximum Gasteiger partial charge on any atom is 0.410 e. The van der Waals surface area contributed by atoms with Gasteiger partial charge in [0.1, 0.15) is 11.4 Å². The van der Waals surface area contributed by atoms with E-state index < -0.39 is 5.60 Å². The number of rotatable bonds is 2. The van der Waals surface area contributed by atoms with Crippen molar-refractivity contribution in [2.45, 2.75) is 45.3 Å². The molecule has 1 aromatic rings. The predicted octanol–water partition coefficient (Wildman–Crippen LogP) is 2.92. The average Bonchev–Trinajstić information content (AvgIpc) is 2.46. The largest absolute Gasteiger partial charge is 0.444 e. The lowest BCUT2D eigenvalue weighted by Gasteiger charge is -2.38. The molecule has 1 saturated heterocycles. The molecule has 0 radical (unpaired) electrons. The molecule has 5 heteroatoms. The number of ether oxygens (including phenoxy) is 1. The zero-order chi connectivity index (χ0) is 15.5. The Balaban J connectivity index is 1.99. The number of likely N-dealkylation sites (N-methyl/N-ethyl adjacent to an activating group) is 1. The molecule has 0 N–H and O–H groups in total. The van der Waals surface area contributed by atoms with Gasteiger partial charge in [0.15, 0.2) is 0 Å². The van der Waals surface area contributed by atoms with Crippen LogP contribution in [-0.4, -0.2) is 47.8 Å². The number of anilines is 1. The molecule has 1 aliphatic heterocycles. The van der Waals surface area contributed by atoms with Gasteiger partial charge in [0, 0.05) is 26.3 Å². The summed E-state index contributed by atoms with van der Waals surface area (Å²) < 4.78 is 5.45. The van der Waals surface area contributed by atoms with E-state index >= 15 is 0 Å². The fourth-order valence-electron chi connectivity index (χ4n) is 2.50. The van der Waals surface area contributed by atoms with Gasteiger partial charge in [0.2, 0.25) is 0 Å². The van der Waals surface area contributed by atoms with E-state index in [0.29, 0.717) is 0 Å². The number of carbonyl (C=O) groups is 1. The van der Waals surface area contributed by atoms with Crippen molar-refractivity contribution in [2.24, 2.45) is 0 Å². The lowest BCUT2D eigenvalue weighted by atomic mass is 10.0. The van der Waals surface area contributed by atoms with Gasteiger partial charge in [0.05, 0.1) is 6.04 Å². The van der Waals surface area contributed by atoms with E-state index in [2.05, 4.69) is 9.88 Å². The maximum absolute atomic E-state index is 12.2. The molecule has 0 unspecified atom stereocenters. The second-order valence-electron chi connectivity index (χ2n) is 6.52. The molecule has 0 aromatic carbocycles. The number of hydrogen-bond acceptors (Lipinski definition) is 4. The molecule has 1 atom stereocenters. The molecular weight excluding hydrogens is 266 g/mol. The molecule has 1 amide bonds. The van der Waals surface area contributed by atoms with Crippen LogP contribution in [-0.2, 0) is 4.74 Å². The fourth-order valence-corrected chi connectivity index (χ4v) is 2.50. The molecule has 5 nitrogen and oxygen atoms in total. The van der Waals surface area contributed by atoms with Crippen LogP contribution in [0.5, 0.6) is 0 Å². The Morgan fingerprint density at radius 2 is 2.19 bits per heavy atom. The zero-order valence-electron chi connectivity index (χ0n) is 13.4. The smallest absolute Gasteiger partial charge is 0.410 e. The fraction of sp³-hybridized carbons (Fsp3) is 0.625. The molecular formula is C16H25N3O2. The lowest BCUT2D eigenvalue weighted by Crippen LogP contribution is -2.50. The molecule has 1 aromatic heterocycles. The average molecular weight is 291 g/mol. The summed E-state index contributed by atoms with van der Waals surface area (Å²) in [4.78, 5) is 20.5. The Kier molecular flexibility index (Phi) is 4.70. The van der Waals surface area contributed by atoms with Crippen molar-refractivity contribution in [1.82, 2.24) is 9.88 Å². The topological polar surface area (TPSA) is 45.7 Å². The van der Waals surface area contributed by atoms with Crippen molar-refractivity contribution < 1.29 is 9.53 Å². The van der Waals surface area contributed by atoms with Crippen LogP contribution in [0.1, 0.15) is 33.6 Å². The summed E-state index contributed by atoms with van der Waals surface area (Å²) in [5.41, 5.74) is -0.458. The van der Waals surface area contributed by atoms with Gasteiger partial charge in [-0.3, -0.25) is 0 Å². The highest BCUT2D eigenvalue weighted by molar-refractivity contribution is 5.68. The van der Waals surface area contributed by atoms with E-state index in [1.165, 1.54) is 0 Å². The van der Waals surface area contributed by atoms with Gasteiger partial charge in [0.25, 0.3) is 0 Å². The first-order chi connectivity index (χ1) is 9.87. The van der Waals surface area contributed by atoms with E-state index in [1.807, 2.05) is 46.0 Å². The van der Waals surface area contributed by atoms with Crippen molar-refractivity contribution in [2.75, 3.05) is 25.0 Å². The Hall–Kier alpha value is -1.78. The third kappa shape index (κ3) is 4.34. The molecule has 116 valence electrons. The molecule has 2 rings (SSSR count). The number of piperidine rings is 1. The lowest BCUT2D eigenvalue weighted by molar-refractivity contribution is 0.0209. The summed E-state index contributed by atoms with van der Waals surface area (Å²) in [6.45, 7) is 7.45. The Morgan fingerprint density at radius 3 is 2.81 bits per heavy atom. The molecule has 0 saturated carbocycles. The van der Waals surface area contributed by atoms with E-state index in [4.69, 9.17) is 4.74 Å². The van der Waals surface area contributed by atoms with Crippen LogP contribution < -0.4 is 4.90 Å². The van der Waals surface area contributed by atoms with Gasteiger partial charge >= 0.3 is 6.09 Å². The second kappa shape index (κ2) is 6.33. The third-order valence-electron chi connectivity index (χ3n) is 3.60. The molecule has 1 aliphatic rings. The first kappa shape index (κ1) is 15.6. The Morgan fingerprint density at radius 1 is 1.43 bits per heavy atom. The summed E-state index contributed by atoms with van der Waals surface area (Å²) in [5, 5.41) is 0. The van der Waals surface area contributed by atoms with Crippen LogP contribution >= 0.6 is 0 Å². The number of aromatic nitrogens is 1. The summed E-state index contributed by atoms with van der Waals surface area (Å²) in [5.74, 6) is 0.972. The minimum atomic E-state index is -0.458. The first-order valence-corrected chi connectivity index (χ1v) is 7.48. The summed E-state index contributed by atoms with van der Waals surface area (Å²) in [6, 6.07) is 6.08. The molecule has 0 bridgehead atoms. The number of nitrogens with zero attached hydrogens (tertiary/aromatic N) is 3. The highest BCUT2D eigenvalue weighted by atomic mass is 16.6. The van der Waals surface area contributed by atoms with E-state index in [1.54, 1.807) is 11.1 Å². The van der Waals surface area contributed by atoms with Gasteiger partial charge in [-0.2, -0.15) is 0 Å². The standard InChI is InChI=1S/C16H25N3O2/c1-16(2,3)21-15(20)18(4)13-8-7-11-19(12-13)14-9-5-6-10-17-14/h5-6,9-10,13H,7-8,11-12H2,1-4H3/t13-/m0/s1. The highest BCUT2D eigenvalue weighted by Gasteiger charge is 2.29. The first-order valence-electron chi connectivity index (χ1n) is 7.48. The Bertz CT molecular complexity index is 470. The van der Waals surface area contributed by atoms with Crippen LogP contribution in [0, 0.1) is 0 Å². The molecule has 0 spiro atoms. The van der Waals surface area contributed by atoms with E-state index in [0.717, 1.165) is 31.7 Å². The van der Waals surface area contributed by atoms with Gasteiger partial charge in [-0.05, 0) is 45.7 Å². The van der Waals surface area contributed by atoms with E-state index in [-0.39, 0.29) is 12.1 Å². The quantitative estimate of drug-likeness (QED) is 0.840. The molecule has 0 aliphatic carbocycles. The summed E-state index contributed by atoms with van der Waals surface area (Å²) in [6.07, 6.45) is 3.60. The number of pyridine rings is 1. The van der Waals surface area contributed by atoms with Crippen molar-refractivity contribution in [1.29, 1.82) is 0 Å². The SMILES string of the molecule is CN(C(=O)OC(C)(C)C)[C@H]1CCCN(c2ccccn2)C1. The Labute approximate surface area is 126 Å². The molecule has 1 fully saturated rings. The summed E-state index contributed by atoms with van der Waals surface area (Å²) >= 11 is 0. The third-order valence-corrected chi connectivity index (χ3v) is 3.60. The van der Waals surface area contributed by atoms with Gasteiger partial charge < -0.3 is 14.5 Å².